The van der Waals surface area contributed by atoms with Crippen LogP contribution in [0.5, 0.6) is 0 Å². The van der Waals surface area contributed by atoms with E-state index in [1.165, 1.54) is 4.70 Å². The van der Waals surface area contributed by atoms with E-state index in [-0.39, 0.29) is 5.91 Å². The minimum absolute atomic E-state index is 0.108. The van der Waals surface area contributed by atoms with E-state index in [0.717, 1.165) is 23.3 Å². The first-order valence-corrected chi connectivity index (χ1v) is 8.52. The molecule has 0 N–H and O–H groups in total. The van der Waals surface area contributed by atoms with Crippen LogP contribution >= 0.6 is 11.3 Å². The van der Waals surface area contributed by atoms with Crippen molar-refractivity contribution in [3.63, 3.8) is 0 Å². The van der Waals surface area contributed by atoms with E-state index in [4.69, 9.17) is 0 Å². The molecule has 0 aliphatic carbocycles. The van der Waals surface area contributed by atoms with Crippen LogP contribution in [0.1, 0.15) is 29.9 Å². The van der Waals surface area contributed by atoms with E-state index < -0.39 is 0 Å². The standard InChI is InChI=1S/C18H20N2OS/c1-3-19(13-14-8-6-5-7-9-14)18(21)16-12-17-15(10-11-22-17)20(16)4-2/h5-12H,3-4,13H2,1-2H3. The Morgan fingerprint density at radius 1 is 1.18 bits per heavy atom. The molecular weight excluding hydrogens is 292 g/mol. The fourth-order valence-corrected chi connectivity index (χ4v) is 3.61. The van der Waals surface area contributed by atoms with Crippen LogP contribution in [0.2, 0.25) is 0 Å². The number of hydrogen-bond donors (Lipinski definition) is 0. The number of rotatable bonds is 5. The van der Waals surface area contributed by atoms with Crippen LogP contribution in [0.15, 0.2) is 47.8 Å². The van der Waals surface area contributed by atoms with Crippen molar-refractivity contribution in [1.29, 1.82) is 0 Å². The fraction of sp³-hybridized carbons (Fsp3) is 0.278. The second-order valence-electron chi connectivity index (χ2n) is 5.25. The SMILES string of the molecule is CCN(Cc1ccccc1)C(=O)c1cc2sccc2n1CC. The number of aryl methyl sites for hydroxylation is 1. The highest BCUT2D eigenvalue weighted by molar-refractivity contribution is 7.17. The Morgan fingerprint density at radius 3 is 2.64 bits per heavy atom. The number of nitrogens with zero attached hydrogens (tertiary/aromatic N) is 2. The van der Waals surface area contributed by atoms with Gasteiger partial charge >= 0.3 is 0 Å². The first-order valence-electron chi connectivity index (χ1n) is 7.64. The summed E-state index contributed by atoms with van der Waals surface area (Å²) in [4.78, 5) is 14.8. The third-order valence-electron chi connectivity index (χ3n) is 3.94. The summed E-state index contributed by atoms with van der Waals surface area (Å²) in [7, 11) is 0. The van der Waals surface area contributed by atoms with E-state index in [0.29, 0.717) is 13.1 Å². The molecule has 2 aromatic heterocycles. The van der Waals surface area contributed by atoms with Gasteiger partial charge in [-0.15, -0.1) is 11.3 Å². The van der Waals surface area contributed by atoms with Crippen molar-refractivity contribution < 1.29 is 4.79 Å². The highest BCUT2D eigenvalue weighted by Gasteiger charge is 2.20. The maximum Gasteiger partial charge on any atom is 0.270 e. The molecule has 3 aromatic rings. The zero-order valence-corrected chi connectivity index (χ0v) is 13.8. The van der Waals surface area contributed by atoms with Crippen molar-refractivity contribution in [3.8, 4) is 0 Å². The predicted molar refractivity (Wildman–Crippen MR) is 92.3 cm³/mol. The van der Waals surface area contributed by atoms with Crippen molar-refractivity contribution >= 4 is 27.5 Å². The van der Waals surface area contributed by atoms with Crippen molar-refractivity contribution in [2.75, 3.05) is 6.54 Å². The minimum atomic E-state index is 0.108. The number of carbonyl (C=O) groups excluding carboxylic acids is 1. The van der Waals surface area contributed by atoms with Gasteiger partial charge in [0, 0.05) is 19.6 Å². The summed E-state index contributed by atoms with van der Waals surface area (Å²) in [6.45, 7) is 6.28. The lowest BCUT2D eigenvalue weighted by Crippen LogP contribution is -2.31. The van der Waals surface area contributed by atoms with Crippen LogP contribution in [0.4, 0.5) is 0 Å². The molecule has 2 heterocycles. The maximum absolute atomic E-state index is 12.9. The van der Waals surface area contributed by atoms with Gasteiger partial charge in [-0.05, 0) is 36.9 Å². The Morgan fingerprint density at radius 2 is 1.95 bits per heavy atom. The molecule has 0 unspecified atom stereocenters. The second-order valence-corrected chi connectivity index (χ2v) is 6.20. The molecular formula is C18H20N2OS. The molecule has 0 saturated heterocycles. The average molecular weight is 312 g/mol. The molecule has 0 aliphatic heterocycles. The van der Waals surface area contributed by atoms with E-state index in [9.17, 15) is 4.79 Å². The zero-order chi connectivity index (χ0) is 15.5. The maximum atomic E-state index is 12.9. The molecule has 1 aromatic carbocycles. The summed E-state index contributed by atoms with van der Waals surface area (Å²) in [5.74, 6) is 0.108. The summed E-state index contributed by atoms with van der Waals surface area (Å²) in [6, 6.07) is 14.3. The van der Waals surface area contributed by atoms with Gasteiger partial charge < -0.3 is 9.47 Å². The van der Waals surface area contributed by atoms with Gasteiger partial charge in [-0.25, -0.2) is 0 Å². The topological polar surface area (TPSA) is 25.2 Å². The molecule has 1 amide bonds. The summed E-state index contributed by atoms with van der Waals surface area (Å²) < 4.78 is 3.29. The monoisotopic (exact) mass is 312 g/mol. The Bertz CT molecular complexity index is 773. The Labute approximate surface area is 134 Å². The Hall–Kier alpha value is -2.07. The molecule has 0 spiro atoms. The zero-order valence-electron chi connectivity index (χ0n) is 13.0. The quantitative estimate of drug-likeness (QED) is 0.686. The second kappa shape index (κ2) is 6.36. The highest BCUT2D eigenvalue weighted by Crippen LogP contribution is 2.26. The molecule has 4 heteroatoms. The molecule has 114 valence electrons. The molecule has 0 fully saturated rings. The molecule has 3 rings (SSSR count). The van der Waals surface area contributed by atoms with Crippen LogP contribution in [-0.2, 0) is 13.1 Å². The third kappa shape index (κ3) is 2.66. The summed E-state index contributed by atoms with van der Waals surface area (Å²) in [6.07, 6.45) is 0. The van der Waals surface area contributed by atoms with Crippen LogP contribution in [-0.4, -0.2) is 21.9 Å². The molecule has 22 heavy (non-hydrogen) atoms. The third-order valence-corrected chi connectivity index (χ3v) is 4.80. The summed E-state index contributed by atoms with van der Waals surface area (Å²) in [5.41, 5.74) is 3.11. The molecule has 0 saturated carbocycles. The largest absolute Gasteiger partial charge is 0.336 e. The van der Waals surface area contributed by atoms with Crippen LogP contribution in [0.25, 0.3) is 10.2 Å². The number of benzene rings is 1. The number of aromatic nitrogens is 1. The number of amides is 1. The predicted octanol–water partition coefficient (Wildman–Crippen LogP) is 4.39. The number of thiophene rings is 1. The van der Waals surface area contributed by atoms with E-state index in [1.54, 1.807) is 11.3 Å². The van der Waals surface area contributed by atoms with Crippen LogP contribution in [0, 0.1) is 0 Å². The van der Waals surface area contributed by atoms with Crippen LogP contribution < -0.4 is 0 Å². The summed E-state index contributed by atoms with van der Waals surface area (Å²) in [5, 5.41) is 2.08. The van der Waals surface area contributed by atoms with E-state index in [2.05, 4.69) is 35.1 Å². The van der Waals surface area contributed by atoms with Gasteiger partial charge in [-0.2, -0.15) is 0 Å². The fourth-order valence-electron chi connectivity index (χ4n) is 2.79. The van der Waals surface area contributed by atoms with Crippen molar-refractivity contribution in [2.45, 2.75) is 26.9 Å². The average Bonchev–Trinajstić information content (AvgIpc) is 3.13. The minimum Gasteiger partial charge on any atom is -0.336 e. The lowest BCUT2D eigenvalue weighted by Gasteiger charge is -2.21. The van der Waals surface area contributed by atoms with Gasteiger partial charge in [0.25, 0.3) is 5.91 Å². The normalized spacial score (nSPS) is 11.0. The van der Waals surface area contributed by atoms with E-state index in [1.807, 2.05) is 36.1 Å². The van der Waals surface area contributed by atoms with Crippen molar-refractivity contribution in [1.82, 2.24) is 9.47 Å². The van der Waals surface area contributed by atoms with Gasteiger partial charge in [0.15, 0.2) is 0 Å². The smallest absolute Gasteiger partial charge is 0.270 e. The molecule has 0 atom stereocenters. The lowest BCUT2D eigenvalue weighted by molar-refractivity contribution is 0.0742. The van der Waals surface area contributed by atoms with Gasteiger partial charge in [0.1, 0.15) is 5.69 Å². The highest BCUT2D eigenvalue weighted by atomic mass is 32.1. The first kappa shape index (κ1) is 14.9. The molecule has 0 bridgehead atoms. The van der Waals surface area contributed by atoms with Gasteiger partial charge in [0.2, 0.25) is 0 Å². The van der Waals surface area contributed by atoms with Crippen molar-refractivity contribution in [2.24, 2.45) is 0 Å². The molecule has 0 radical (unpaired) electrons. The number of hydrogen-bond acceptors (Lipinski definition) is 2. The molecule has 3 nitrogen and oxygen atoms in total. The first-order chi connectivity index (χ1) is 10.7. The number of carbonyl (C=O) groups is 1. The van der Waals surface area contributed by atoms with Gasteiger partial charge in [-0.3, -0.25) is 4.79 Å². The van der Waals surface area contributed by atoms with Gasteiger partial charge in [0.05, 0.1) is 10.2 Å². The Kier molecular flexibility index (Phi) is 4.29. The van der Waals surface area contributed by atoms with Crippen molar-refractivity contribution in [3.05, 3.63) is 59.1 Å². The molecule has 0 aliphatic rings. The number of fused-ring (bicyclic) bond motifs is 1. The van der Waals surface area contributed by atoms with Gasteiger partial charge in [-0.1, -0.05) is 30.3 Å². The van der Waals surface area contributed by atoms with Crippen LogP contribution in [0.3, 0.4) is 0 Å². The van der Waals surface area contributed by atoms with E-state index >= 15 is 0 Å². The Balaban J connectivity index is 1.91. The summed E-state index contributed by atoms with van der Waals surface area (Å²) >= 11 is 1.69. The lowest BCUT2D eigenvalue weighted by atomic mass is 10.2.